The van der Waals surface area contributed by atoms with Crippen LogP contribution in [-0.4, -0.2) is 5.60 Å². The second-order valence-electron chi connectivity index (χ2n) is 6.09. The van der Waals surface area contributed by atoms with Crippen LogP contribution in [0.25, 0.3) is 0 Å². The molecule has 0 aliphatic carbocycles. The molecule has 2 aromatic carbocycles. The first-order chi connectivity index (χ1) is 10.1. The lowest BCUT2D eigenvalue weighted by Gasteiger charge is -2.18. The number of benzene rings is 2. The van der Waals surface area contributed by atoms with Gasteiger partial charge in [0.05, 0.1) is 0 Å². The zero-order valence-corrected chi connectivity index (χ0v) is 12.6. The van der Waals surface area contributed by atoms with E-state index in [9.17, 15) is 0 Å². The van der Waals surface area contributed by atoms with Crippen molar-refractivity contribution in [1.82, 2.24) is 0 Å². The fourth-order valence-corrected chi connectivity index (χ4v) is 2.63. The molecule has 0 spiro atoms. The van der Waals surface area contributed by atoms with Gasteiger partial charge in [0.1, 0.15) is 12.2 Å². The summed E-state index contributed by atoms with van der Waals surface area (Å²) in [7, 11) is 0. The molecule has 0 amide bonds. The van der Waals surface area contributed by atoms with Crippen molar-refractivity contribution in [2.45, 2.75) is 39.0 Å². The predicted molar refractivity (Wildman–Crippen MR) is 83.5 cm³/mol. The molecule has 2 N–H and O–H groups in total. The zero-order chi connectivity index (χ0) is 14.9. The van der Waals surface area contributed by atoms with E-state index in [2.05, 4.69) is 32.0 Å². The van der Waals surface area contributed by atoms with Crippen LogP contribution in [0.4, 0.5) is 0 Å². The Hall–Kier alpha value is -2.00. The van der Waals surface area contributed by atoms with Gasteiger partial charge in [0.15, 0.2) is 11.5 Å². The van der Waals surface area contributed by atoms with Gasteiger partial charge in [-0.3, -0.25) is 0 Å². The van der Waals surface area contributed by atoms with Crippen LogP contribution in [-0.2, 0) is 19.6 Å². The first kappa shape index (κ1) is 14.0. The Kier molecular flexibility index (Phi) is 3.60. The Bertz CT molecular complexity index is 632. The molecule has 3 heteroatoms. The van der Waals surface area contributed by atoms with E-state index in [1.165, 1.54) is 5.56 Å². The molecule has 1 heterocycles. The molecule has 0 radical (unpaired) electrons. The Morgan fingerprint density at radius 2 is 1.81 bits per heavy atom. The topological polar surface area (TPSA) is 44.5 Å². The molecular weight excluding hydrogens is 262 g/mol. The summed E-state index contributed by atoms with van der Waals surface area (Å²) in [6.07, 6.45) is 0.921. The van der Waals surface area contributed by atoms with Crippen molar-refractivity contribution in [2.24, 2.45) is 5.73 Å². The van der Waals surface area contributed by atoms with E-state index in [-0.39, 0.29) is 5.60 Å². The molecule has 0 saturated heterocycles. The van der Waals surface area contributed by atoms with E-state index in [0.717, 1.165) is 29.0 Å². The summed E-state index contributed by atoms with van der Waals surface area (Å²) in [4.78, 5) is 0. The molecule has 1 aliphatic heterocycles. The SMILES string of the molecule is CC1(C)Cc2cccc(OCc3ccc(CN)cc3)c2O1. The van der Waals surface area contributed by atoms with Crippen molar-refractivity contribution in [1.29, 1.82) is 0 Å². The van der Waals surface area contributed by atoms with Gasteiger partial charge in [-0.05, 0) is 31.0 Å². The minimum Gasteiger partial charge on any atom is -0.485 e. The second-order valence-corrected chi connectivity index (χ2v) is 6.09. The van der Waals surface area contributed by atoms with Crippen LogP contribution in [0.15, 0.2) is 42.5 Å². The summed E-state index contributed by atoms with van der Waals surface area (Å²) in [6.45, 7) is 5.30. The molecule has 0 bridgehead atoms. The van der Waals surface area contributed by atoms with Crippen molar-refractivity contribution in [3.63, 3.8) is 0 Å². The van der Waals surface area contributed by atoms with E-state index >= 15 is 0 Å². The number of hydrogen-bond donors (Lipinski definition) is 1. The van der Waals surface area contributed by atoms with Crippen molar-refractivity contribution < 1.29 is 9.47 Å². The van der Waals surface area contributed by atoms with E-state index in [0.29, 0.717) is 13.2 Å². The third kappa shape index (κ3) is 3.03. The molecule has 110 valence electrons. The smallest absolute Gasteiger partial charge is 0.165 e. The standard InChI is InChI=1S/C18H21NO2/c1-18(2)10-15-4-3-5-16(17(15)21-18)20-12-14-8-6-13(11-19)7-9-14/h3-9H,10-12,19H2,1-2H3. The van der Waals surface area contributed by atoms with Gasteiger partial charge in [0.2, 0.25) is 0 Å². The lowest BCUT2D eigenvalue weighted by Crippen LogP contribution is -2.24. The molecule has 0 aromatic heterocycles. The fourth-order valence-electron chi connectivity index (χ4n) is 2.63. The first-order valence-corrected chi connectivity index (χ1v) is 7.29. The van der Waals surface area contributed by atoms with Crippen molar-refractivity contribution in [2.75, 3.05) is 0 Å². The molecule has 0 atom stereocenters. The Morgan fingerprint density at radius 1 is 1.10 bits per heavy atom. The summed E-state index contributed by atoms with van der Waals surface area (Å²) < 4.78 is 12.0. The normalized spacial score (nSPS) is 15.4. The Labute approximate surface area is 125 Å². The zero-order valence-electron chi connectivity index (χ0n) is 12.6. The van der Waals surface area contributed by atoms with Gasteiger partial charge in [-0.1, -0.05) is 36.4 Å². The van der Waals surface area contributed by atoms with Crippen LogP contribution in [0.2, 0.25) is 0 Å². The van der Waals surface area contributed by atoms with Gasteiger partial charge in [0.25, 0.3) is 0 Å². The third-order valence-corrected chi connectivity index (χ3v) is 3.71. The number of hydrogen-bond acceptors (Lipinski definition) is 3. The first-order valence-electron chi connectivity index (χ1n) is 7.29. The highest BCUT2D eigenvalue weighted by Gasteiger charge is 2.32. The number of rotatable bonds is 4. The highest BCUT2D eigenvalue weighted by atomic mass is 16.5. The highest BCUT2D eigenvalue weighted by molar-refractivity contribution is 5.50. The van der Waals surface area contributed by atoms with E-state index in [1.54, 1.807) is 0 Å². The van der Waals surface area contributed by atoms with E-state index in [1.807, 2.05) is 24.3 Å². The van der Waals surface area contributed by atoms with Crippen LogP contribution in [0.1, 0.15) is 30.5 Å². The van der Waals surface area contributed by atoms with Crippen LogP contribution in [0.5, 0.6) is 11.5 Å². The minimum absolute atomic E-state index is 0.148. The lowest BCUT2D eigenvalue weighted by molar-refractivity contribution is 0.131. The summed E-state index contributed by atoms with van der Waals surface area (Å²) >= 11 is 0. The maximum atomic E-state index is 6.01. The monoisotopic (exact) mass is 283 g/mol. The van der Waals surface area contributed by atoms with Gasteiger partial charge in [0, 0.05) is 18.5 Å². The van der Waals surface area contributed by atoms with Crippen LogP contribution in [0.3, 0.4) is 0 Å². The largest absolute Gasteiger partial charge is 0.485 e. The average Bonchev–Trinajstić information content (AvgIpc) is 2.80. The molecule has 3 rings (SSSR count). The maximum absolute atomic E-state index is 6.01. The van der Waals surface area contributed by atoms with Crippen molar-refractivity contribution in [3.05, 3.63) is 59.2 Å². The summed E-state index contributed by atoms with van der Waals surface area (Å²) in [6, 6.07) is 14.3. The van der Waals surface area contributed by atoms with Gasteiger partial charge in [-0.25, -0.2) is 0 Å². The quantitative estimate of drug-likeness (QED) is 0.935. The highest BCUT2D eigenvalue weighted by Crippen LogP contribution is 2.41. The minimum atomic E-state index is -0.148. The molecule has 2 aromatic rings. The maximum Gasteiger partial charge on any atom is 0.165 e. The Balaban J connectivity index is 1.73. The average molecular weight is 283 g/mol. The molecule has 0 unspecified atom stereocenters. The number of fused-ring (bicyclic) bond motifs is 1. The molecular formula is C18H21NO2. The van der Waals surface area contributed by atoms with E-state index < -0.39 is 0 Å². The Morgan fingerprint density at radius 3 is 2.52 bits per heavy atom. The molecule has 0 fully saturated rings. The number of ether oxygens (including phenoxy) is 2. The third-order valence-electron chi connectivity index (χ3n) is 3.71. The summed E-state index contributed by atoms with van der Waals surface area (Å²) in [5.74, 6) is 1.71. The lowest BCUT2D eigenvalue weighted by atomic mass is 10.0. The fraction of sp³-hybridized carbons (Fsp3) is 0.333. The van der Waals surface area contributed by atoms with Crippen molar-refractivity contribution in [3.8, 4) is 11.5 Å². The van der Waals surface area contributed by atoms with Crippen LogP contribution >= 0.6 is 0 Å². The van der Waals surface area contributed by atoms with Crippen LogP contribution in [0, 0.1) is 0 Å². The summed E-state index contributed by atoms with van der Waals surface area (Å²) in [5.41, 5.74) is 8.93. The predicted octanol–water partition coefficient (Wildman–Crippen LogP) is 3.44. The molecule has 1 aliphatic rings. The van der Waals surface area contributed by atoms with Gasteiger partial charge in [-0.2, -0.15) is 0 Å². The molecule has 3 nitrogen and oxygen atoms in total. The van der Waals surface area contributed by atoms with E-state index in [4.69, 9.17) is 15.2 Å². The van der Waals surface area contributed by atoms with Gasteiger partial charge >= 0.3 is 0 Å². The van der Waals surface area contributed by atoms with Crippen molar-refractivity contribution >= 4 is 0 Å². The number of para-hydroxylation sites is 1. The molecule has 21 heavy (non-hydrogen) atoms. The van der Waals surface area contributed by atoms with Crippen LogP contribution < -0.4 is 15.2 Å². The summed E-state index contributed by atoms with van der Waals surface area (Å²) in [5, 5.41) is 0. The van der Waals surface area contributed by atoms with Gasteiger partial charge < -0.3 is 15.2 Å². The molecule has 0 saturated carbocycles. The second kappa shape index (κ2) is 5.41. The number of nitrogens with two attached hydrogens (primary N) is 1. The van der Waals surface area contributed by atoms with Gasteiger partial charge in [-0.15, -0.1) is 0 Å².